The number of aromatic amines is 2. The third-order valence-electron chi connectivity index (χ3n) is 5.14. The maximum atomic E-state index is 13.2. The minimum atomic E-state index is -0.279. The summed E-state index contributed by atoms with van der Waals surface area (Å²) in [5, 5.41) is 11.0. The molecule has 166 valence electrons. The van der Waals surface area contributed by atoms with Gasteiger partial charge in [-0.1, -0.05) is 30.0 Å². The Hall–Kier alpha value is -3.99. The highest BCUT2D eigenvalue weighted by Crippen LogP contribution is 2.21. The summed E-state index contributed by atoms with van der Waals surface area (Å²) in [5.74, 6) is 0.271. The molecule has 4 heterocycles. The highest BCUT2D eigenvalue weighted by molar-refractivity contribution is 7.99. The molecule has 0 atom stereocenters. The number of carbonyl (C=O) groups is 1. The lowest BCUT2D eigenvalue weighted by atomic mass is 10.1. The minimum absolute atomic E-state index is 0.0667. The molecule has 0 fully saturated rings. The van der Waals surface area contributed by atoms with Crippen LogP contribution in [-0.2, 0) is 17.8 Å². The number of hydrogen-bond donors (Lipinski definition) is 3. The monoisotopic (exact) mass is 460 g/mol. The van der Waals surface area contributed by atoms with E-state index in [1.807, 2.05) is 37.4 Å². The van der Waals surface area contributed by atoms with Crippen LogP contribution in [0.3, 0.4) is 0 Å². The molecule has 0 saturated carbocycles. The van der Waals surface area contributed by atoms with E-state index in [2.05, 4.69) is 35.5 Å². The molecule has 0 aliphatic heterocycles. The number of para-hydroxylation sites is 1. The fraction of sp³-hybridized carbons (Fsp3) is 0.182. The fourth-order valence-corrected chi connectivity index (χ4v) is 4.41. The highest BCUT2D eigenvalue weighted by atomic mass is 32.2. The number of nitrogens with zero attached hydrogens (tertiary/aromatic N) is 5. The summed E-state index contributed by atoms with van der Waals surface area (Å²) in [4.78, 5) is 41.7. The van der Waals surface area contributed by atoms with E-state index in [-0.39, 0.29) is 28.4 Å². The molecule has 1 aromatic carbocycles. The van der Waals surface area contributed by atoms with E-state index in [0.717, 1.165) is 22.2 Å². The van der Waals surface area contributed by atoms with Crippen LogP contribution in [0, 0.1) is 6.92 Å². The van der Waals surface area contributed by atoms with Gasteiger partial charge in [-0.05, 0) is 25.0 Å². The van der Waals surface area contributed by atoms with Crippen LogP contribution in [0.4, 0.5) is 5.82 Å². The van der Waals surface area contributed by atoms with Gasteiger partial charge in [-0.3, -0.25) is 19.3 Å². The van der Waals surface area contributed by atoms with E-state index < -0.39 is 0 Å². The van der Waals surface area contributed by atoms with Crippen LogP contribution in [0.1, 0.15) is 11.3 Å². The van der Waals surface area contributed by atoms with E-state index in [9.17, 15) is 9.59 Å². The van der Waals surface area contributed by atoms with Crippen molar-refractivity contribution in [2.45, 2.75) is 25.0 Å². The van der Waals surface area contributed by atoms with Gasteiger partial charge in [0, 0.05) is 47.8 Å². The SMILES string of the molecule is Cc1cc(NC(=O)CSc2nc3nccnc3c(=O)n2CCc2c[nH]c3ccccc23)n[nH]1. The van der Waals surface area contributed by atoms with E-state index >= 15 is 0 Å². The zero-order chi connectivity index (χ0) is 22.8. The molecule has 4 aromatic heterocycles. The Morgan fingerprint density at radius 1 is 1.21 bits per heavy atom. The first-order valence-corrected chi connectivity index (χ1v) is 11.3. The first kappa shape index (κ1) is 20.9. The second-order valence-electron chi connectivity index (χ2n) is 7.46. The number of nitrogens with one attached hydrogen (secondary N) is 3. The van der Waals surface area contributed by atoms with Gasteiger partial charge in [-0.2, -0.15) is 5.10 Å². The molecule has 0 bridgehead atoms. The molecule has 3 N–H and O–H groups in total. The topological polar surface area (TPSA) is 134 Å². The van der Waals surface area contributed by atoms with E-state index in [1.165, 1.54) is 24.2 Å². The Balaban J connectivity index is 1.41. The Morgan fingerprint density at radius 2 is 2.06 bits per heavy atom. The van der Waals surface area contributed by atoms with Crippen molar-refractivity contribution in [2.75, 3.05) is 11.1 Å². The molecule has 0 aliphatic rings. The molecule has 0 spiro atoms. The Morgan fingerprint density at radius 3 is 2.91 bits per heavy atom. The van der Waals surface area contributed by atoms with Crippen molar-refractivity contribution < 1.29 is 4.79 Å². The summed E-state index contributed by atoms with van der Waals surface area (Å²) in [7, 11) is 0. The van der Waals surface area contributed by atoms with Crippen LogP contribution in [-0.4, -0.2) is 46.4 Å². The molecular weight excluding hydrogens is 440 g/mol. The lowest BCUT2D eigenvalue weighted by Gasteiger charge is -2.12. The summed E-state index contributed by atoms with van der Waals surface area (Å²) in [6, 6.07) is 9.76. The molecule has 10 nitrogen and oxygen atoms in total. The standard InChI is InChI=1S/C22H20N8O2S/c1-13-10-17(29-28-13)26-18(31)12-33-22-27-20-19(23-7-8-24-20)21(32)30(22)9-6-14-11-25-16-5-3-2-4-15(14)16/h2-5,7-8,10-11,25H,6,9,12H2,1H3,(H2,26,28,29,31). The number of carbonyl (C=O) groups excluding carboxylic acids is 1. The highest BCUT2D eigenvalue weighted by Gasteiger charge is 2.16. The van der Waals surface area contributed by atoms with Gasteiger partial charge in [0.05, 0.1) is 5.75 Å². The van der Waals surface area contributed by atoms with Gasteiger partial charge in [0.2, 0.25) is 5.91 Å². The molecule has 0 radical (unpaired) electrons. The Kier molecular flexibility index (Phi) is 5.61. The first-order chi connectivity index (χ1) is 16.1. The quantitative estimate of drug-likeness (QED) is 0.251. The van der Waals surface area contributed by atoms with Gasteiger partial charge in [0.1, 0.15) is 0 Å². The predicted molar refractivity (Wildman–Crippen MR) is 126 cm³/mol. The summed E-state index contributed by atoms with van der Waals surface area (Å²) in [5.41, 5.74) is 3.17. The van der Waals surface area contributed by atoms with Gasteiger partial charge in [0.25, 0.3) is 5.56 Å². The third-order valence-corrected chi connectivity index (χ3v) is 6.12. The zero-order valence-electron chi connectivity index (χ0n) is 17.7. The van der Waals surface area contributed by atoms with Crippen LogP contribution in [0.15, 0.2) is 58.9 Å². The smallest absolute Gasteiger partial charge is 0.282 e. The predicted octanol–water partition coefficient (Wildman–Crippen LogP) is 2.67. The number of aryl methyl sites for hydroxylation is 2. The van der Waals surface area contributed by atoms with E-state index in [4.69, 9.17) is 0 Å². The molecule has 0 unspecified atom stereocenters. The number of H-pyrrole nitrogens is 2. The van der Waals surface area contributed by atoms with Gasteiger partial charge >= 0.3 is 0 Å². The van der Waals surface area contributed by atoms with Crippen LogP contribution in [0.5, 0.6) is 0 Å². The summed E-state index contributed by atoms with van der Waals surface area (Å²) in [6.07, 6.45) is 5.54. The van der Waals surface area contributed by atoms with Crippen molar-refractivity contribution in [3.05, 3.63) is 70.5 Å². The van der Waals surface area contributed by atoms with Crippen molar-refractivity contribution in [2.24, 2.45) is 0 Å². The van der Waals surface area contributed by atoms with E-state index in [0.29, 0.717) is 23.9 Å². The number of anilines is 1. The van der Waals surface area contributed by atoms with Crippen LogP contribution < -0.4 is 10.9 Å². The molecule has 5 rings (SSSR count). The number of rotatable bonds is 7. The number of benzene rings is 1. The summed E-state index contributed by atoms with van der Waals surface area (Å²) < 4.78 is 1.56. The minimum Gasteiger partial charge on any atom is -0.361 e. The molecule has 5 aromatic rings. The number of hydrogen-bond acceptors (Lipinski definition) is 7. The number of amides is 1. The maximum absolute atomic E-state index is 13.2. The number of aromatic nitrogens is 7. The molecule has 33 heavy (non-hydrogen) atoms. The Labute approximate surface area is 191 Å². The normalized spacial score (nSPS) is 11.3. The molecular formula is C22H20N8O2S. The average Bonchev–Trinajstić information content (AvgIpc) is 3.43. The zero-order valence-corrected chi connectivity index (χ0v) is 18.5. The van der Waals surface area contributed by atoms with Gasteiger partial charge in [-0.15, -0.1) is 0 Å². The van der Waals surface area contributed by atoms with Crippen molar-refractivity contribution in [3.8, 4) is 0 Å². The number of fused-ring (bicyclic) bond motifs is 2. The molecule has 0 saturated heterocycles. The second-order valence-corrected chi connectivity index (χ2v) is 8.40. The maximum Gasteiger partial charge on any atom is 0.282 e. The van der Waals surface area contributed by atoms with E-state index in [1.54, 1.807) is 10.6 Å². The second kappa shape index (κ2) is 8.87. The fourth-order valence-electron chi connectivity index (χ4n) is 3.60. The van der Waals surface area contributed by atoms with Crippen molar-refractivity contribution in [1.29, 1.82) is 0 Å². The third kappa shape index (κ3) is 4.35. The van der Waals surface area contributed by atoms with Crippen LogP contribution in [0.2, 0.25) is 0 Å². The summed E-state index contributed by atoms with van der Waals surface area (Å²) in [6.45, 7) is 2.24. The summed E-state index contributed by atoms with van der Waals surface area (Å²) >= 11 is 1.18. The first-order valence-electron chi connectivity index (χ1n) is 10.3. The van der Waals surface area contributed by atoms with Crippen LogP contribution in [0.25, 0.3) is 22.1 Å². The lowest BCUT2D eigenvalue weighted by molar-refractivity contribution is -0.113. The van der Waals surface area contributed by atoms with Gasteiger partial charge in [0.15, 0.2) is 22.1 Å². The largest absolute Gasteiger partial charge is 0.361 e. The van der Waals surface area contributed by atoms with Crippen molar-refractivity contribution in [1.82, 2.24) is 34.7 Å². The van der Waals surface area contributed by atoms with Crippen molar-refractivity contribution >= 4 is 45.6 Å². The van der Waals surface area contributed by atoms with Gasteiger partial charge in [-0.25, -0.2) is 15.0 Å². The molecule has 1 amide bonds. The Bertz CT molecular complexity index is 1520. The average molecular weight is 461 g/mol. The number of thioether (sulfide) groups is 1. The van der Waals surface area contributed by atoms with Gasteiger partial charge < -0.3 is 10.3 Å². The lowest BCUT2D eigenvalue weighted by Crippen LogP contribution is -2.26. The molecule has 0 aliphatic carbocycles. The van der Waals surface area contributed by atoms with Crippen LogP contribution >= 0.6 is 11.8 Å². The molecule has 11 heteroatoms. The van der Waals surface area contributed by atoms with Crippen molar-refractivity contribution in [3.63, 3.8) is 0 Å².